The Morgan fingerprint density at radius 3 is 2.68 bits per heavy atom. The number of hydrogen-bond donors (Lipinski definition) is 2. The number of aromatic nitrogens is 4. The van der Waals surface area contributed by atoms with Crippen LogP contribution in [0.5, 0.6) is 0 Å². The van der Waals surface area contributed by atoms with E-state index in [-0.39, 0.29) is 5.91 Å². The standard InChI is InChI=1S/C25H21N5O/c31-25(23-8-3-6-21-16-27-29-24(21)23)26-15-20-5-1-2-7-22(20)19-11-9-18(10-12-19)17-30-14-4-13-28-30/h1-14,16H,15,17H2,(H,26,31)(H,27,29). The van der Waals surface area contributed by atoms with Crippen molar-refractivity contribution in [1.29, 1.82) is 0 Å². The fourth-order valence-corrected chi connectivity index (χ4v) is 3.76. The molecule has 2 aromatic heterocycles. The molecule has 152 valence electrons. The van der Waals surface area contributed by atoms with Crippen LogP contribution in [-0.4, -0.2) is 25.9 Å². The predicted octanol–water partition coefficient (Wildman–Crippen LogP) is 4.40. The van der Waals surface area contributed by atoms with E-state index in [0.29, 0.717) is 12.1 Å². The Bertz CT molecular complexity index is 1320. The average Bonchev–Trinajstić information content (AvgIpc) is 3.50. The number of aromatic amines is 1. The molecule has 31 heavy (non-hydrogen) atoms. The second kappa shape index (κ2) is 8.28. The lowest BCUT2D eigenvalue weighted by Gasteiger charge is -2.12. The molecule has 0 aliphatic carbocycles. The molecule has 3 aromatic carbocycles. The lowest BCUT2D eigenvalue weighted by Crippen LogP contribution is -2.23. The van der Waals surface area contributed by atoms with Crippen LogP contribution in [0.3, 0.4) is 0 Å². The zero-order valence-corrected chi connectivity index (χ0v) is 16.8. The van der Waals surface area contributed by atoms with Crippen LogP contribution in [0.4, 0.5) is 0 Å². The highest BCUT2D eigenvalue weighted by molar-refractivity contribution is 6.05. The van der Waals surface area contributed by atoms with E-state index in [1.165, 1.54) is 5.56 Å². The first-order valence-electron chi connectivity index (χ1n) is 10.1. The Morgan fingerprint density at radius 1 is 0.968 bits per heavy atom. The van der Waals surface area contributed by atoms with Crippen LogP contribution in [0.1, 0.15) is 21.5 Å². The van der Waals surface area contributed by atoms with Gasteiger partial charge in [-0.1, -0.05) is 60.7 Å². The van der Waals surface area contributed by atoms with Crippen molar-refractivity contribution in [3.63, 3.8) is 0 Å². The summed E-state index contributed by atoms with van der Waals surface area (Å²) >= 11 is 0. The third-order valence-electron chi connectivity index (χ3n) is 5.35. The third kappa shape index (κ3) is 3.96. The molecule has 0 spiro atoms. The van der Waals surface area contributed by atoms with Crippen molar-refractivity contribution in [1.82, 2.24) is 25.3 Å². The Kier molecular flexibility index (Phi) is 5.02. The van der Waals surface area contributed by atoms with Gasteiger partial charge >= 0.3 is 0 Å². The van der Waals surface area contributed by atoms with Crippen molar-refractivity contribution in [3.8, 4) is 11.1 Å². The number of hydrogen-bond acceptors (Lipinski definition) is 3. The molecule has 0 saturated carbocycles. The van der Waals surface area contributed by atoms with Gasteiger partial charge in [-0.05, 0) is 34.4 Å². The van der Waals surface area contributed by atoms with Crippen LogP contribution in [0.15, 0.2) is 91.4 Å². The molecule has 0 bridgehead atoms. The first-order chi connectivity index (χ1) is 15.3. The number of nitrogens with zero attached hydrogens (tertiary/aromatic N) is 3. The summed E-state index contributed by atoms with van der Waals surface area (Å²) < 4.78 is 1.90. The molecule has 5 aromatic rings. The molecule has 6 heteroatoms. The summed E-state index contributed by atoms with van der Waals surface area (Å²) in [5, 5.41) is 15.2. The summed E-state index contributed by atoms with van der Waals surface area (Å²) in [6.45, 7) is 1.18. The van der Waals surface area contributed by atoms with Crippen molar-refractivity contribution in [2.75, 3.05) is 0 Å². The second-order valence-electron chi connectivity index (χ2n) is 7.38. The fourth-order valence-electron chi connectivity index (χ4n) is 3.76. The van der Waals surface area contributed by atoms with Gasteiger partial charge in [-0.2, -0.15) is 10.2 Å². The van der Waals surface area contributed by atoms with Crippen LogP contribution < -0.4 is 5.32 Å². The maximum Gasteiger partial charge on any atom is 0.253 e. The Balaban J connectivity index is 1.33. The largest absolute Gasteiger partial charge is 0.348 e. The minimum Gasteiger partial charge on any atom is -0.348 e. The number of rotatable bonds is 6. The van der Waals surface area contributed by atoms with Crippen LogP contribution in [0.2, 0.25) is 0 Å². The van der Waals surface area contributed by atoms with Crippen molar-refractivity contribution in [2.45, 2.75) is 13.1 Å². The van der Waals surface area contributed by atoms with Crippen LogP contribution in [-0.2, 0) is 13.1 Å². The lowest BCUT2D eigenvalue weighted by molar-refractivity contribution is 0.0952. The van der Waals surface area contributed by atoms with Crippen molar-refractivity contribution >= 4 is 16.8 Å². The summed E-state index contributed by atoms with van der Waals surface area (Å²) in [6.07, 6.45) is 5.46. The SMILES string of the molecule is O=C(NCc1ccccc1-c1ccc(Cn2cccn2)cc1)c1cccc2cn[nH]c12. The van der Waals surface area contributed by atoms with Gasteiger partial charge in [0, 0.05) is 24.3 Å². The van der Waals surface area contributed by atoms with Gasteiger partial charge in [0.1, 0.15) is 0 Å². The summed E-state index contributed by atoms with van der Waals surface area (Å²) in [7, 11) is 0. The molecule has 0 unspecified atom stereocenters. The molecular weight excluding hydrogens is 386 g/mol. The third-order valence-corrected chi connectivity index (χ3v) is 5.35. The molecule has 0 aliphatic rings. The van der Waals surface area contributed by atoms with E-state index in [1.807, 2.05) is 47.3 Å². The van der Waals surface area contributed by atoms with Gasteiger partial charge in [0.05, 0.1) is 23.8 Å². The number of H-pyrrole nitrogens is 1. The minimum absolute atomic E-state index is 0.126. The lowest BCUT2D eigenvalue weighted by atomic mass is 9.98. The predicted molar refractivity (Wildman–Crippen MR) is 120 cm³/mol. The van der Waals surface area contributed by atoms with Crippen LogP contribution >= 0.6 is 0 Å². The summed E-state index contributed by atoms with van der Waals surface area (Å²) in [4.78, 5) is 12.8. The number of para-hydroxylation sites is 1. The number of benzene rings is 3. The van der Waals surface area contributed by atoms with Crippen molar-refractivity contribution < 1.29 is 4.79 Å². The molecule has 2 heterocycles. The summed E-state index contributed by atoms with van der Waals surface area (Å²) in [6, 6.07) is 24.1. The van der Waals surface area contributed by atoms with E-state index >= 15 is 0 Å². The number of amides is 1. The number of nitrogens with one attached hydrogen (secondary N) is 2. The van der Waals surface area contributed by atoms with Gasteiger partial charge < -0.3 is 5.32 Å². The molecular formula is C25H21N5O. The monoisotopic (exact) mass is 407 g/mol. The van der Waals surface area contributed by atoms with Gasteiger partial charge in [-0.15, -0.1) is 0 Å². The van der Waals surface area contributed by atoms with Gasteiger partial charge in [0.2, 0.25) is 0 Å². The van der Waals surface area contributed by atoms with Crippen LogP contribution in [0, 0.1) is 0 Å². The average molecular weight is 407 g/mol. The molecule has 5 rings (SSSR count). The smallest absolute Gasteiger partial charge is 0.253 e. The Morgan fingerprint density at radius 2 is 1.84 bits per heavy atom. The minimum atomic E-state index is -0.126. The number of carbonyl (C=O) groups excluding carboxylic acids is 1. The number of carbonyl (C=O) groups is 1. The highest BCUT2D eigenvalue weighted by atomic mass is 16.1. The topological polar surface area (TPSA) is 75.6 Å². The maximum atomic E-state index is 12.8. The molecule has 0 aliphatic heterocycles. The zero-order chi connectivity index (χ0) is 21.0. The second-order valence-corrected chi connectivity index (χ2v) is 7.38. The summed E-state index contributed by atoms with van der Waals surface area (Å²) in [5.41, 5.74) is 5.81. The summed E-state index contributed by atoms with van der Waals surface area (Å²) in [5.74, 6) is -0.126. The van der Waals surface area contributed by atoms with E-state index in [0.717, 1.165) is 34.1 Å². The number of fused-ring (bicyclic) bond motifs is 1. The fraction of sp³-hybridized carbons (Fsp3) is 0.0800. The van der Waals surface area contributed by atoms with E-state index in [4.69, 9.17) is 0 Å². The van der Waals surface area contributed by atoms with Crippen LogP contribution in [0.25, 0.3) is 22.0 Å². The van der Waals surface area contributed by atoms with Gasteiger partial charge in [-0.25, -0.2) is 0 Å². The van der Waals surface area contributed by atoms with Crippen molar-refractivity contribution in [3.05, 3.63) is 108 Å². The quantitative estimate of drug-likeness (QED) is 0.438. The normalized spacial score (nSPS) is 11.0. The molecule has 1 amide bonds. The molecule has 2 N–H and O–H groups in total. The van der Waals surface area contributed by atoms with Gasteiger partial charge in [0.25, 0.3) is 5.91 Å². The molecule has 0 fully saturated rings. The van der Waals surface area contributed by atoms with Gasteiger partial charge in [0.15, 0.2) is 0 Å². The highest BCUT2D eigenvalue weighted by Gasteiger charge is 2.12. The van der Waals surface area contributed by atoms with Crippen molar-refractivity contribution in [2.24, 2.45) is 0 Å². The first kappa shape index (κ1) is 18.8. The van der Waals surface area contributed by atoms with Gasteiger partial charge in [-0.3, -0.25) is 14.6 Å². The molecule has 6 nitrogen and oxygen atoms in total. The Labute approximate surface area is 179 Å². The Hall–Kier alpha value is -4.19. The maximum absolute atomic E-state index is 12.8. The first-order valence-corrected chi connectivity index (χ1v) is 10.1. The zero-order valence-electron chi connectivity index (χ0n) is 16.8. The van der Waals surface area contributed by atoms with E-state index in [2.05, 4.69) is 50.9 Å². The van der Waals surface area contributed by atoms with E-state index in [9.17, 15) is 4.79 Å². The molecule has 0 atom stereocenters. The van der Waals surface area contributed by atoms with E-state index in [1.54, 1.807) is 18.5 Å². The van der Waals surface area contributed by atoms with E-state index < -0.39 is 0 Å². The molecule has 0 radical (unpaired) electrons. The highest BCUT2D eigenvalue weighted by Crippen LogP contribution is 2.24. The molecule has 0 saturated heterocycles.